The second-order valence-corrected chi connectivity index (χ2v) is 10.6. The standard InChI is InChI=1S/C28H31F6N3O5/c1-16-5-6-18(27(29,30)31)13-20(16)35-25(39)37(42-24(38)28(32,33)34)19-9-10-26(11-12-36(2)23(26)15-19)17-7-8-21(40-3)22(14-17)41-4/h5-8,13-14,19,23H,9-12,15H2,1-4H3,(H,35,39)/t19-,23+,26+/m1/s1. The van der Waals surface area contributed by atoms with Crippen LogP contribution in [0.3, 0.4) is 0 Å². The first-order valence-corrected chi connectivity index (χ1v) is 13.1. The van der Waals surface area contributed by atoms with Crippen LogP contribution in [0, 0.1) is 6.92 Å². The molecule has 0 aromatic heterocycles. The first kappa shape index (κ1) is 31.3. The molecule has 2 amide bonds. The predicted octanol–water partition coefficient (Wildman–Crippen LogP) is 6.08. The average Bonchev–Trinajstić information content (AvgIpc) is 3.27. The van der Waals surface area contributed by atoms with Crippen molar-refractivity contribution in [3.05, 3.63) is 53.1 Å². The number of hydrogen-bond acceptors (Lipinski definition) is 6. The Hall–Kier alpha value is -3.68. The van der Waals surface area contributed by atoms with E-state index in [1.165, 1.54) is 21.1 Å². The van der Waals surface area contributed by atoms with Crippen LogP contribution in [0.2, 0.25) is 0 Å². The maximum atomic E-state index is 13.3. The summed E-state index contributed by atoms with van der Waals surface area (Å²) in [7, 11) is 4.87. The van der Waals surface area contributed by atoms with E-state index in [4.69, 9.17) is 9.47 Å². The zero-order valence-corrected chi connectivity index (χ0v) is 23.4. The maximum Gasteiger partial charge on any atom is 0.493 e. The number of nitrogens with zero attached hydrogens (tertiary/aromatic N) is 2. The van der Waals surface area contributed by atoms with E-state index >= 15 is 0 Å². The Bertz CT molecular complexity index is 1330. The number of anilines is 1. The fourth-order valence-corrected chi connectivity index (χ4v) is 5.98. The number of methoxy groups -OCH3 is 2. The third-order valence-electron chi connectivity index (χ3n) is 8.21. The van der Waals surface area contributed by atoms with Gasteiger partial charge in [-0.2, -0.15) is 26.3 Å². The van der Waals surface area contributed by atoms with Crippen molar-refractivity contribution in [2.75, 3.05) is 33.1 Å². The van der Waals surface area contributed by atoms with E-state index in [1.54, 1.807) is 6.07 Å². The summed E-state index contributed by atoms with van der Waals surface area (Å²) in [5.41, 5.74) is -0.636. The van der Waals surface area contributed by atoms with Crippen LogP contribution in [-0.4, -0.2) is 68.0 Å². The molecule has 42 heavy (non-hydrogen) atoms. The number of rotatable bonds is 5. The highest BCUT2D eigenvalue weighted by Gasteiger charge is 2.53. The second kappa shape index (κ2) is 11.5. The fraction of sp³-hybridized carbons (Fsp3) is 0.500. The van der Waals surface area contributed by atoms with Crippen LogP contribution >= 0.6 is 0 Å². The topological polar surface area (TPSA) is 80.3 Å². The summed E-state index contributed by atoms with van der Waals surface area (Å²) < 4.78 is 90.3. The van der Waals surface area contributed by atoms with Gasteiger partial charge < -0.3 is 24.5 Å². The van der Waals surface area contributed by atoms with Gasteiger partial charge in [-0.3, -0.25) is 0 Å². The molecule has 2 aliphatic rings. The number of urea groups is 1. The molecule has 0 bridgehead atoms. The van der Waals surface area contributed by atoms with E-state index < -0.39 is 41.4 Å². The number of alkyl halides is 6. The highest BCUT2D eigenvalue weighted by molar-refractivity contribution is 5.91. The average molecular weight is 604 g/mol. The number of aryl methyl sites for hydroxylation is 1. The molecular formula is C28H31F6N3O5. The van der Waals surface area contributed by atoms with E-state index in [1.807, 2.05) is 24.1 Å². The lowest BCUT2D eigenvalue weighted by molar-refractivity contribution is -0.235. The zero-order chi connectivity index (χ0) is 31.0. The summed E-state index contributed by atoms with van der Waals surface area (Å²) in [6.07, 6.45) is -8.72. The van der Waals surface area contributed by atoms with Gasteiger partial charge in [0.1, 0.15) is 0 Å². The van der Waals surface area contributed by atoms with Crippen LogP contribution in [0.1, 0.15) is 42.4 Å². The highest BCUT2D eigenvalue weighted by atomic mass is 19.4. The Labute approximate surface area is 238 Å². The Kier molecular flexibility index (Phi) is 8.59. The van der Waals surface area contributed by atoms with Gasteiger partial charge >= 0.3 is 24.4 Å². The van der Waals surface area contributed by atoms with Gasteiger partial charge in [-0.05, 0) is 81.6 Å². The largest absolute Gasteiger partial charge is 0.493 e. The van der Waals surface area contributed by atoms with Crippen LogP contribution in [0.4, 0.5) is 36.8 Å². The number of likely N-dealkylation sites (tertiary alicyclic amines) is 1. The van der Waals surface area contributed by atoms with E-state index in [-0.39, 0.29) is 30.1 Å². The lowest BCUT2D eigenvalue weighted by atomic mass is 9.65. The summed E-state index contributed by atoms with van der Waals surface area (Å²) in [5, 5.41) is 2.53. The molecule has 3 atom stereocenters. The van der Waals surface area contributed by atoms with E-state index in [0.29, 0.717) is 42.0 Å². The van der Waals surface area contributed by atoms with Crippen LogP contribution in [0.25, 0.3) is 0 Å². The number of amides is 2. The van der Waals surface area contributed by atoms with Crippen molar-refractivity contribution >= 4 is 17.7 Å². The number of fused-ring (bicyclic) bond motifs is 1. The van der Waals surface area contributed by atoms with E-state index in [0.717, 1.165) is 17.7 Å². The number of carbonyl (C=O) groups excluding carboxylic acids is 2. The lowest BCUT2D eigenvalue weighted by Crippen LogP contribution is -2.54. The summed E-state index contributed by atoms with van der Waals surface area (Å²) >= 11 is 0. The molecule has 1 saturated heterocycles. The summed E-state index contributed by atoms with van der Waals surface area (Å²) in [5.74, 6) is -1.58. The van der Waals surface area contributed by atoms with Crippen LogP contribution < -0.4 is 14.8 Å². The van der Waals surface area contributed by atoms with Crippen molar-refractivity contribution in [1.82, 2.24) is 9.96 Å². The summed E-state index contributed by atoms with van der Waals surface area (Å²) in [4.78, 5) is 31.8. The number of halogens is 6. The summed E-state index contributed by atoms with van der Waals surface area (Å²) in [6.45, 7) is 2.08. The third kappa shape index (κ3) is 6.08. The molecule has 14 heteroatoms. The molecule has 2 aromatic carbocycles. The normalized spacial score (nSPS) is 22.7. The molecule has 0 radical (unpaired) electrons. The van der Waals surface area contributed by atoms with Gasteiger partial charge in [-0.15, -0.1) is 5.06 Å². The van der Waals surface area contributed by atoms with Crippen LogP contribution in [0.15, 0.2) is 36.4 Å². The molecule has 1 aliphatic carbocycles. The number of hydrogen-bond donors (Lipinski definition) is 1. The second-order valence-electron chi connectivity index (χ2n) is 10.6. The highest BCUT2D eigenvalue weighted by Crippen LogP contribution is 2.50. The Balaban J connectivity index is 1.65. The number of carbonyl (C=O) groups is 2. The van der Waals surface area contributed by atoms with Gasteiger partial charge in [0.15, 0.2) is 11.5 Å². The summed E-state index contributed by atoms with van der Waals surface area (Å²) in [6, 6.07) is 5.57. The molecule has 2 fully saturated rings. The molecular weight excluding hydrogens is 572 g/mol. The quantitative estimate of drug-likeness (QED) is 0.330. The van der Waals surface area contributed by atoms with E-state index in [2.05, 4.69) is 10.2 Å². The number of nitrogens with one attached hydrogen (secondary N) is 1. The minimum atomic E-state index is -5.41. The van der Waals surface area contributed by atoms with Crippen molar-refractivity contribution in [3.8, 4) is 11.5 Å². The Morgan fingerprint density at radius 2 is 1.69 bits per heavy atom. The molecule has 2 aromatic rings. The van der Waals surface area contributed by atoms with Gasteiger partial charge in [-0.1, -0.05) is 12.1 Å². The van der Waals surface area contributed by atoms with Crippen molar-refractivity contribution in [3.63, 3.8) is 0 Å². The first-order valence-electron chi connectivity index (χ1n) is 13.1. The molecule has 1 heterocycles. The van der Waals surface area contributed by atoms with Gasteiger partial charge in [-0.25, -0.2) is 9.59 Å². The van der Waals surface area contributed by atoms with Crippen molar-refractivity contribution in [2.45, 2.75) is 62.5 Å². The van der Waals surface area contributed by atoms with Crippen LogP contribution in [0.5, 0.6) is 11.5 Å². The molecule has 8 nitrogen and oxygen atoms in total. The zero-order valence-electron chi connectivity index (χ0n) is 23.4. The van der Waals surface area contributed by atoms with Gasteiger partial charge in [0.2, 0.25) is 0 Å². The predicted molar refractivity (Wildman–Crippen MR) is 139 cm³/mol. The molecule has 0 unspecified atom stereocenters. The number of hydroxylamine groups is 2. The lowest BCUT2D eigenvalue weighted by Gasteiger charge is -2.46. The minimum absolute atomic E-state index is 0.130. The molecule has 1 saturated carbocycles. The first-order chi connectivity index (χ1) is 19.6. The smallest absolute Gasteiger partial charge is 0.493 e. The van der Waals surface area contributed by atoms with Crippen molar-refractivity contribution in [1.29, 1.82) is 0 Å². The molecule has 1 N–H and O–H groups in total. The Morgan fingerprint density at radius 3 is 2.31 bits per heavy atom. The molecule has 230 valence electrons. The monoisotopic (exact) mass is 603 g/mol. The number of ether oxygens (including phenoxy) is 2. The van der Waals surface area contributed by atoms with Crippen molar-refractivity contribution < 1.29 is 50.2 Å². The van der Waals surface area contributed by atoms with Gasteiger partial charge in [0.25, 0.3) is 0 Å². The fourth-order valence-electron chi connectivity index (χ4n) is 5.98. The van der Waals surface area contributed by atoms with E-state index in [9.17, 15) is 35.9 Å². The SMILES string of the molecule is COc1ccc([C@@]23CC[C@@H](N(OC(=O)C(F)(F)F)C(=O)Nc4cc(C(F)(F)F)ccc4C)C[C@@H]2N(C)CC3)cc1OC. The third-order valence-corrected chi connectivity index (χ3v) is 8.21. The molecule has 0 spiro atoms. The van der Waals surface area contributed by atoms with Gasteiger partial charge in [0, 0.05) is 17.1 Å². The number of likely N-dealkylation sites (N-methyl/N-ethyl adjacent to an activating group) is 1. The molecule has 1 aliphatic heterocycles. The van der Waals surface area contributed by atoms with Crippen LogP contribution in [-0.2, 0) is 21.2 Å². The van der Waals surface area contributed by atoms with Crippen molar-refractivity contribution in [2.24, 2.45) is 0 Å². The van der Waals surface area contributed by atoms with Gasteiger partial charge in [0.05, 0.1) is 25.8 Å². The maximum absolute atomic E-state index is 13.3. The Morgan fingerprint density at radius 1 is 1.00 bits per heavy atom. The minimum Gasteiger partial charge on any atom is -0.493 e. The molecule has 4 rings (SSSR count). The number of benzene rings is 2.